The molecule has 1 aromatic carbocycles. The lowest BCUT2D eigenvalue weighted by molar-refractivity contribution is 0.605. The van der Waals surface area contributed by atoms with Crippen molar-refractivity contribution in [3.05, 3.63) is 40.8 Å². The van der Waals surface area contributed by atoms with Gasteiger partial charge in [-0.25, -0.2) is 8.42 Å². The summed E-state index contributed by atoms with van der Waals surface area (Å²) >= 11 is 5.74. The predicted molar refractivity (Wildman–Crippen MR) is 61.8 cm³/mol. The molecule has 0 aromatic heterocycles. The summed E-state index contributed by atoms with van der Waals surface area (Å²) in [6.07, 6.45) is 1.66. The molecule has 1 aliphatic rings. The maximum absolute atomic E-state index is 11.1. The lowest BCUT2D eigenvalue weighted by Crippen LogP contribution is -2.20. The van der Waals surface area contributed by atoms with Crippen LogP contribution in [0.1, 0.15) is 0 Å². The highest BCUT2D eigenvalue weighted by atomic mass is 35.5. The van der Waals surface area contributed by atoms with Gasteiger partial charge < -0.3 is 5.32 Å². The van der Waals surface area contributed by atoms with Gasteiger partial charge in [-0.15, -0.1) is 0 Å². The molecule has 1 heterocycles. The molecule has 0 amide bonds. The molecule has 1 aliphatic heterocycles. The Kier molecular flexibility index (Phi) is 2.71. The van der Waals surface area contributed by atoms with Gasteiger partial charge in [-0.05, 0) is 24.3 Å². The molecule has 0 spiro atoms. The SMILES string of the molecule is O=S1(=O)C=CC(Nc2ccc(Cl)cc2)C1. The van der Waals surface area contributed by atoms with Gasteiger partial charge in [-0.3, -0.25) is 0 Å². The number of anilines is 1. The summed E-state index contributed by atoms with van der Waals surface area (Å²) in [7, 11) is -2.99. The number of nitrogens with one attached hydrogen (secondary N) is 1. The molecule has 1 unspecified atom stereocenters. The Morgan fingerprint density at radius 2 is 1.93 bits per heavy atom. The van der Waals surface area contributed by atoms with Crippen LogP contribution in [0, 0.1) is 0 Å². The van der Waals surface area contributed by atoms with Crippen molar-refractivity contribution in [3.8, 4) is 0 Å². The summed E-state index contributed by atoms with van der Waals surface area (Å²) in [5.41, 5.74) is 0.867. The molecule has 1 atom stereocenters. The van der Waals surface area contributed by atoms with Crippen LogP contribution in [0.3, 0.4) is 0 Å². The molecule has 0 fully saturated rings. The highest BCUT2D eigenvalue weighted by molar-refractivity contribution is 7.94. The number of benzene rings is 1. The van der Waals surface area contributed by atoms with Crippen LogP contribution >= 0.6 is 11.6 Å². The quantitative estimate of drug-likeness (QED) is 0.865. The average Bonchev–Trinajstić information content (AvgIpc) is 2.50. The van der Waals surface area contributed by atoms with Crippen molar-refractivity contribution in [2.24, 2.45) is 0 Å². The van der Waals surface area contributed by atoms with E-state index in [1.807, 2.05) is 12.1 Å². The van der Waals surface area contributed by atoms with Crippen molar-refractivity contribution in [1.82, 2.24) is 0 Å². The molecule has 0 radical (unpaired) electrons. The fourth-order valence-corrected chi connectivity index (χ4v) is 2.79. The number of halogens is 1. The van der Waals surface area contributed by atoms with E-state index in [2.05, 4.69) is 5.32 Å². The first kappa shape index (κ1) is 10.5. The zero-order valence-corrected chi connectivity index (χ0v) is 9.42. The minimum Gasteiger partial charge on any atom is -0.378 e. The van der Waals surface area contributed by atoms with E-state index in [4.69, 9.17) is 11.6 Å². The third kappa shape index (κ3) is 2.73. The Morgan fingerprint density at radius 1 is 1.27 bits per heavy atom. The lowest BCUT2D eigenvalue weighted by Gasteiger charge is -2.11. The van der Waals surface area contributed by atoms with E-state index in [-0.39, 0.29) is 11.8 Å². The van der Waals surface area contributed by atoms with Crippen LogP contribution < -0.4 is 5.32 Å². The lowest BCUT2D eigenvalue weighted by atomic mass is 10.2. The van der Waals surface area contributed by atoms with Crippen molar-refractivity contribution in [3.63, 3.8) is 0 Å². The zero-order valence-electron chi connectivity index (χ0n) is 7.85. The van der Waals surface area contributed by atoms with Gasteiger partial charge in [0, 0.05) is 16.1 Å². The normalized spacial score (nSPS) is 22.9. The Morgan fingerprint density at radius 3 is 2.47 bits per heavy atom. The van der Waals surface area contributed by atoms with Gasteiger partial charge in [0.05, 0.1) is 11.8 Å². The smallest absolute Gasteiger partial charge is 0.173 e. The summed E-state index contributed by atoms with van der Waals surface area (Å²) in [5, 5.41) is 5.01. The van der Waals surface area contributed by atoms with Gasteiger partial charge in [0.1, 0.15) is 0 Å². The predicted octanol–water partition coefficient (Wildman–Crippen LogP) is 2.06. The molecule has 3 nitrogen and oxygen atoms in total. The molecule has 0 saturated carbocycles. The first-order valence-corrected chi connectivity index (χ1v) is 6.58. The second-order valence-electron chi connectivity index (χ2n) is 3.42. The van der Waals surface area contributed by atoms with E-state index < -0.39 is 9.84 Å². The number of hydrogen-bond donors (Lipinski definition) is 1. The molecule has 0 bridgehead atoms. The topological polar surface area (TPSA) is 46.2 Å². The summed E-state index contributed by atoms with van der Waals surface area (Å²) in [6, 6.07) is 7.02. The molecule has 15 heavy (non-hydrogen) atoms. The second-order valence-corrected chi connectivity index (χ2v) is 5.78. The van der Waals surface area contributed by atoms with Crippen LogP contribution in [0.15, 0.2) is 35.7 Å². The summed E-state index contributed by atoms with van der Waals surface area (Å²) in [5.74, 6) is 0.121. The van der Waals surface area contributed by atoms with Crippen molar-refractivity contribution < 1.29 is 8.42 Å². The largest absolute Gasteiger partial charge is 0.378 e. The first-order valence-electron chi connectivity index (χ1n) is 4.48. The van der Waals surface area contributed by atoms with Crippen LogP contribution in [-0.4, -0.2) is 20.2 Å². The Bertz CT molecular complexity index is 479. The van der Waals surface area contributed by atoms with Gasteiger partial charge in [0.25, 0.3) is 0 Å². The molecule has 1 N–H and O–H groups in total. The molecule has 2 rings (SSSR count). The Hall–Kier alpha value is -1.00. The number of sulfone groups is 1. The third-order valence-corrected chi connectivity index (χ3v) is 3.77. The maximum atomic E-state index is 11.1. The van der Waals surface area contributed by atoms with E-state index in [0.717, 1.165) is 5.69 Å². The van der Waals surface area contributed by atoms with Crippen molar-refractivity contribution in [1.29, 1.82) is 0 Å². The van der Waals surface area contributed by atoms with Gasteiger partial charge in [0.15, 0.2) is 9.84 Å². The van der Waals surface area contributed by atoms with Crippen molar-refractivity contribution in [2.75, 3.05) is 11.1 Å². The van der Waals surface area contributed by atoms with E-state index in [1.54, 1.807) is 18.2 Å². The van der Waals surface area contributed by atoms with Gasteiger partial charge in [-0.2, -0.15) is 0 Å². The van der Waals surface area contributed by atoms with Crippen LogP contribution in [0.25, 0.3) is 0 Å². The van der Waals surface area contributed by atoms with Crippen LogP contribution in [0.5, 0.6) is 0 Å². The molecule has 0 aliphatic carbocycles. The van der Waals surface area contributed by atoms with E-state index in [0.29, 0.717) is 5.02 Å². The number of hydrogen-bond acceptors (Lipinski definition) is 3. The fraction of sp³-hybridized carbons (Fsp3) is 0.200. The van der Waals surface area contributed by atoms with Crippen LogP contribution in [0.2, 0.25) is 5.02 Å². The zero-order chi connectivity index (χ0) is 10.9. The highest BCUT2D eigenvalue weighted by Gasteiger charge is 2.20. The molecular weight excluding hydrogens is 234 g/mol. The van der Waals surface area contributed by atoms with E-state index in [9.17, 15) is 8.42 Å². The second kappa shape index (κ2) is 3.87. The summed E-state index contributed by atoms with van der Waals surface area (Å²) in [6.45, 7) is 0. The average molecular weight is 244 g/mol. The van der Waals surface area contributed by atoms with Crippen LogP contribution in [-0.2, 0) is 9.84 Å². The maximum Gasteiger partial charge on any atom is 0.173 e. The monoisotopic (exact) mass is 243 g/mol. The summed E-state index contributed by atoms with van der Waals surface area (Å²) < 4.78 is 22.3. The minimum absolute atomic E-state index is 0.121. The molecule has 5 heteroatoms. The number of rotatable bonds is 2. The van der Waals surface area contributed by atoms with Crippen molar-refractivity contribution >= 4 is 27.1 Å². The van der Waals surface area contributed by atoms with Gasteiger partial charge in [-0.1, -0.05) is 17.7 Å². The summed E-state index contributed by atoms with van der Waals surface area (Å²) in [4.78, 5) is 0. The van der Waals surface area contributed by atoms with Crippen LogP contribution in [0.4, 0.5) is 5.69 Å². The first-order chi connectivity index (χ1) is 7.05. The van der Waals surface area contributed by atoms with Crippen molar-refractivity contribution in [2.45, 2.75) is 6.04 Å². The highest BCUT2D eigenvalue weighted by Crippen LogP contribution is 2.17. The molecule has 80 valence electrons. The third-order valence-electron chi connectivity index (χ3n) is 2.13. The molecule has 1 aromatic rings. The van der Waals surface area contributed by atoms with E-state index >= 15 is 0 Å². The minimum atomic E-state index is -2.99. The Balaban J connectivity index is 2.05. The van der Waals surface area contributed by atoms with E-state index in [1.165, 1.54) is 5.41 Å². The Labute approximate surface area is 93.7 Å². The van der Waals surface area contributed by atoms with Gasteiger partial charge in [0.2, 0.25) is 0 Å². The molecule has 0 saturated heterocycles. The molecular formula is C10H10ClNO2S. The fourth-order valence-electron chi connectivity index (χ4n) is 1.43. The standard InChI is InChI=1S/C10H10ClNO2S/c11-8-1-3-9(4-2-8)12-10-5-6-15(13,14)7-10/h1-6,10,12H,7H2. The van der Waals surface area contributed by atoms with Gasteiger partial charge >= 0.3 is 0 Å².